The van der Waals surface area contributed by atoms with Gasteiger partial charge in [0.1, 0.15) is 11.5 Å². The van der Waals surface area contributed by atoms with E-state index in [0.29, 0.717) is 12.5 Å². The number of urea groups is 1. The minimum Gasteiger partial charge on any atom is -0.467 e. The zero-order chi connectivity index (χ0) is 14.7. The van der Waals surface area contributed by atoms with Crippen molar-refractivity contribution in [1.82, 2.24) is 10.2 Å². The molecule has 0 unspecified atom stereocenters. The average Bonchev–Trinajstić information content (AvgIpc) is 3.18. The predicted octanol–water partition coefficient (Wildman–Crippen LogP) is 3.56. The van der Waals surface area contributed by atoms with Crippen LogP contribution in [-0.4, -0.2) is 17.5 Å². The SMILES string of the molecule is C[C@@H]1CCN(C(=O)NCc2ccco2)[C@@H](c2ccco2)C1. The van der Waals surface area contributed by atoms with Gasteiger partial charge in [-0.1, -0.05) is 6.92 Å². The molecule has 2 aromatic rings. The third-order valence-corrected chi connectivity index (χ3v) is 3.99. The summed E-state index contributed by atoms with van der Waals surface area (Å²) in [5, 5.41) is 2.91. The molecule has 1 aliphatic rings. The van der Waals surface area contributed by atoms with Crippen LogP contribution in [0.1, 0.15) is 37.3 Å². The Labute approximate surface area is 123 Å². The number of piperidine rings is 1. The quantitative estimate of drug-likeness (QED) is 0.939. The van der Waals surface area contributed by atoms with Crippen LogP contribution in [0.5, 0.6) is 0 Å². The third-order valence-electron chi connectivity index (χ3n) is 3.99. The molecule has 21 heavy (non-hydrogen) atoms. The van der Waals surface area contributed by atoms with Gasteiger partial charge in [-0.3, -0.25) is 0 Å². The van der Waals surface area contributed by atoms with E-state index in [1.54, 1.807) is 12.5 Å². The van der Waals surface area contributed by atoms with E-state index in [0.717, 1.165) is 30.9 Å². The maximum atomic E-state index is 12.4. The maximum absolute atomic E-state index is 12.4. The predicted molar refractivity (Wildman–Crippen MR) is 77.5 cm³/mol. The topological polar surface area (TPSA) is 58.6 Å². The normalized spacial score (nSPS) is 22.2. The number of carbonyl (C=O) groups is 1. The monoisotopic (exact) mass is 288 g/mol. The molecule has 5 heteroatoms. The van der Waals surface area contributed by atoms with Crippen LogP contribution in [-0.2, 0) is 6.54 Å². The van der Waals surface area contributed by atoms with Gasteiger partial charge in [0, 0.05) is 6.54 Å². The summed E-state index contributed by atoms with van der Waals surface area (Å²) in [5.41, 5.74) is 0. The van der Waals surface area contributed by atoms with Gasteiger partial charge in [-0.05, 0) is 43.0 Å². The molecule has 112 valence electrons. The first-order chi connectivity index (χ1) is 10.2. The summed E-state index contributed by atoms with van der Waals surface area (Å²) >= 11 is 0. The molecule has 5 nitrogen and oxygen atoms in total. The molecular weight excluding hydrogens is 268 g/mol. The largest absolute Gasteiger partial charge is 0.467 e. The van der Waals surface area contributed by atoms with E-state index < -0.39 is 0 Å². The Morgan fingerprint density at radius 3 is 2.86 bits per heavy atom. The minimum atomic E-state index is -0.0697. The van der Waals surface area contributed by atoms with Crippen LogP contribution in [0.15, 0.2) is 45.6 Å². The highest BCUT2D eigenvalue weighted by molar-refractivity contribution is 5.74. The lowest BCUT2D eigenvalue weighted by Gasteiger charge is -2.37. The second-order valence-electron chi connectivity index (χ2n) is 5.59. The van der Waals surface area contributed by atoms with Crippen molar-refractivity contribution in [3.8, 4) is 0 Å². The zero-order valence-corrected chi connectivity index (χ0v) is 12.1. The Kier molecular flexibility index (Phi) is 3.99. The fraction of sp³-hybridized carbons (Fsp3) is 0.438. The van der Waals surface area contributed by atoms with Crippen LogP contribution >= 0.6 is 0 Å². The number of nitrogens with one attached hydrogen (secondary N) is 1. The molecule has 1 fully saturated rings. The number of nitrogens with zero attached hydrogens (tertiary/aromatic N) is 1. The summed E-state index contributed by atoms with van der Waals surface area (Å²) in [5.74, 6) is 2.20. The van der Waals surface area contributed by atoms with E-state index in [2.05, 4.69) is 12.2 Å². The van der Waals surface area contributed by atoms with Crippen LogP contribution in [0.2, 0.25) is 0 Å². The molecule has 3 rings (SSSR count). The highest BCUT2D eigenvalue weighted by Gasteiger charge is 2.32. The van der Waals surface area contributed by atoms with Gasteiger partial charge in [0.15, 0.2) is 0 Å². The molecule has 0 spiro atoms. The Hall–Kier alpha value is -2.17. The minimum absolute atomic E-state index is 0.0142. The molecule has 0 saturated carbocycles. The number of likely N-dealkylation sites (tertiary alicyclic amines) is 1. The molecule has 0 aromatic carbocycles. The molecule has 1 saturated heterocycles. The van der Waals surface area contributed by atoms with Crippen molar-refractivity contribution in [2.45, 2.75) is 32.4 Å². The zero-order valence-electron chi connectivity index (χ0n) is 12.1. The molecule has 2 aromatic heterocycles. The van der Waals surface area contributed by atoms with E-state index >= 15 is 0 Å². The molecule has 0 radical (unpaired) electrons. The number of furan rings is 2. The van der Waals surface area contributed by atoms with Crippen molar-refractivity contribution in [2.24, 2.45) is 5.92 Å². The van der Waals surface area contributed by atoms with Crippen LogP contribution < -0.4 is 5.32 Å². The Morgan fingerprint density at radius 1 is 1.33 bits per heavy atom. The van der Waals surface area contributed by atoms with Gasteiger partial charge >= 0.3 is 6.03 Å². The van der Waals surface area contributed by atoms with Gasteiger partial charge in [0.05, 0.1) is 25.1 Å². The lowest BCUT2D eigenvalue weighted by molar-refractivity contribution is 0.119. The first kappa shape index (κ1) is 13.8. The van der Waals surface area contributed by atoms with E-state index in [9.17, 15) is 4.79 Å². The number of carbonyl (C=O) groups excluding carboxylic acids is 1. The number of rotatable bonds is 3. The number of hydrogen-bond acceptors (Lipinski definition) is 3. The van der Waals surface area contributed by atoms with E-state index in [4.69, 9.17) is 8.83 Å². The van der Waals surface area contributed by atoms with Crippen molar-refractivity contribution in [2.75, 3.05) is 6.54 Å². The summed E-state index contributed by atoms with van der Waals surface area (Å²) in [6.45, 7) is 3.37. The fourth-order valence-corrected chi connectivity index (χ4v) is 2.81. The summed E-state index contributed by atoms with van der Waals surface area (Å²) in [4.78, 5) is 14.3. The van der Waals surface area contributed by atoms with Crippen LogP contribution in [0.3, 0.4) is 0 Å². The van der Waals surface area contributed by atoms with Gasteiger partial charge in [-0.2, -0.15) is 0 Å². The second-order valence-corrected chi connectivity index (χ2v) is 5.59. The molecule has 0 bridgehead atoms. The lowest BCUT2D eigenvalue weighted by Crippen LogP contribution is -2.45. The second kappa shape index (κ2) is 6.08. The Morgan fingerprint density at radius 2 is 2.14 bits per heavy atom. The molecule has 2 amide bonds. The van der Waals surface area contributed by atoms with Gasteiger partial charge < -0.3 is 19.1 Å². The third kappa shape index (κ3) is 3.12. The van der Waals surface area contributed by atoms with Gasteiger partial charge in [-0.15, -0.1) is 0 Å². The lowest BCUT2D eigenvalue weighted by atomic mass is 9.91. The Bertz CT molecular complexity index is 562. The average molecular weight is 288 g/mol. The van der Waals surface area contributed by atoms with E-state index in [1.807, 2.05) is 29.2 Å². The summed E-state index contributed by atoms with van der Waals surface area (Å²) in [6.07, 6.45) is 5.22. The number of hydrogen-bond donors (Lipinski definition) is 1. The first-order valence-corrected chi connectivity index (χ1v) is 7.34. The summed E-state index contributed by atoms with van der Waals surface area (Å²) in [6, 6.07) is 7.42. The molecule has 0 aliphatic carbocycles. The van der Waals surface area contributed by atoms with Gasteiger partial charge in [0.25, 0.3) is 0 Å². The van der Waals surface area contributed by atoms with Crippen LogP contribution in [0.4, 0.5) is 4.79 Å². The Balaban J connectivity index is 1.67. The van der Waals surface area contributed by atoms with Gasteiger partial charge in [-0.25, -0.2) is 4.79 Å². The highest BCUT2D eigenvalue weighted by Crippen LogP contribution is 2.34. The number of amides is 2. The molecule has 1 N–H and O–H groups in total. The van der Waals surface area contributed by atoms with Crippen LogP contribution in [0.25, 0.3) is 0 Å². The summed E-state index contributed by atoms with van der Waals surface area (Å²) < 4.78 is 10.7. The summed E-state index contributed by atoms with van der Waals surface area (Å²) in [7, 11) is 0. The van der Waals surface area contributed by atoms with Gasteiger partial charge in [0.2, 0.25) is 0 Å². The van der Waals surface area contributed by atoms with Crippen LogP contribution in [0, 0.1) is 5.92 Å². The van der Waals surface area contributed by atoms with Crippen molar-refractivity contribution in [1.29, 1.82) is 0 Å². The van der Waals surface area contributed by atoms with Crippen molar-refractivity contribution in [3.63, 3.8) is 0 Å². The van der Waals surface area contributed by atoms with Crippen molar-refractivity contribution in [3.05, 3.63) is 48.3 Å². The molecule has 1 aliphatic heterocycles. The highest BCUT2D eigenvalue weighted by atomic mass is 16.3. The van der Waals surface area contributed by atoms with E-state index in [1.165, 1.54) is 0 Å². The smallest absolute Gasteiger partial charge is 0.318 e. The standard InChI is InChI=1S/C16H20N2O3/c1-12-6-7-18(14(10-12)15-5-3-9-21-15)16(19)17-11-13-4-2-8-20-13/h2-5,8-9,12,14H,6-7,10-11H2,1H3,(H,17,19)/t12-,14-/m1/s1. The first-order valence-electron chi connectivity index (χ1n) is 7.34. The van der Waals surface area contributed by atoms with Crippen molar-refractivity contribution >= 4 is 6.03 Å². The fourth-order valence-electron chi connectivity index (χ4n) is 2.81. The molecular formula is C16H20N2O3. The molecule has 3 heterocycles. The van der Waals surface area contributed by atoms with E-state index in [-0.39, 0.29) is 12.1 Å². The molecule has 2 atom stereocenters. The maximum Gasteiger partial charge on any atom is 0.318 e. The van der Waals surface area contributed by atoms with Crippen molar-refractivity contribution < 1.29 is 13.6 Å².